The zero-order chi connectivity index (χ0) is 13.1. The number of carbonyl (C=O) groups is 1. The van der Waals surface area contributed by atoms with Crippen molar-refractivity contribution < 1.29 is 18.3 Å². The van der Waals surface area contributed by atoms with Gasteiger partial charge >= 0.3 is 6.09 Å². The van der Waals surface area contributed by atoms with E-state index in [0.717, 1.165) is 0 Å². The smallest absolute Gasteiger partial charge is 0.410 e. The Balaban J connectivity index is 1.90. The highest BCUT2D eigenvalue weighted by atomic mass is 19.3. The summed E-state index contributed by atoms with van der Waals surface area (Å²) in [5, 5.41) is 0. The van der Waals surface area contributed by atoms with Crippen molar-refractivity contribution in [3.63, 3.8) is 0 Å². The van der Waals surface area contributed by atoms with Crippen LogP contribution in [0.2, 0.25) is 0 Å². The summed E-state index contributed by atoms with van der Waals surface area (Å²) in [5.74, 6) is -2.86. The first-order chi connectivity index (χ1) is 7.57. The third-order valence-corrected chi connectivity index (χ3v) is 3.42. The number of alkyl halides is 2. The number of rotatable bonds is 0. The Morgan fingerprint density at radius 2 is 1.94 bits per heavy atom. The first-order valence-corrected chi connectivity index (χ1v) is 5.69. The van der Waals surface area contributed by atoms with Crippen molar-refractivity contribution in [2.24, 2.45) is 11.1 Å². The molecule has 0 aromatic rings. The number of nitrogens with zero attached hydrogens (tertiary/aromatic N) is 1. The van der Waals surface area contributed by atoms with Gasteiger partial charge in [0, 0.05) is 13.1 Å². The standard InChI is InChI=1S/C11H18F2N2O2/c1-9(2,3)17-8(16)15-5-10(6-15)4-7(14)11(10,12)13/h7H,4-6,14H2,1-3H3. The van der Waals surface area contributed by atoms with E-state index in [-0.39, 0.29) is 19.5 Å². The van der Waals surface area contributed by atoms with E-state index in [4.69, 9.17) is 10.5 Å². The molecule has 1 spiro atoms. The van der Waals surface area contributed by atoms with Gasteiger partial charge in [0.15, 0.2) is 0 Å². The molecule has 2 aliphatic rings. The van der Waals surface area contributed by atoms with Crippen LogP contribution in [0.3, 0.4) is 0 Å². The molecule has 0 aromatic heterocycles. The predicted octanol–water partition coefficient (Wildman–Crippen LogP) is 1.59. The van der Waals surface area contributed by atoms with Gasteiger partial charge in [-0.2, -0.15) is 0 Å². The fourth-order valence-corrected chi connectivity index (χ4v) is 2.43. The zero-order valence-electron chi connectivity index (χ0n) is 10.3. The second kappa shape index (κ2) is 3.31. The van der Waals surface area contributed by atoms with Gasteiger partial charge in [0.25, 0.3) is 5.92 Å². The third-order valence-electron chi connectivity index (χ3n) is 3.42. The van der Waals surface area contributed by atoms with Crippen LogP contribution in [-0.2, 0) is 4.74 Å². The summed E-state index contributed by atoms with van der Waals surface area (Å²) in [5.41, 5.74) is 3.59. The Hall–Kier alpha value is -0.910. The maximum Gasteiger partial charge on any atom is 0.410 e. The molecule has 2 N–H and O–H groups in total. The number of ether oxygens (including phenoxy) is 1. The van der Waals surface area contributed by atoms with E-state index < -0.39 is 29.1 Å². The number of hydrogen-bond donors (Lipinski definition) is 1. The normalized spacial score (nSPS) is 29.5. The minimum Gasteiger partial charge on any atom is -0.444 e. The van der Waals surface area contributed by atoms with Crippen molar-refractivity contribution in [2.45, 2.75) is 44.8 Å². The van der Waals surface area contributed by atoms with Gasteiger partial charge in [-0.25, -0.2) is 13.6 Å². The van der Waals surface area contributed by atoms with Crippen molar-refractivity contribution in [1.82, 2.24) is 4.90 Å². The molecule has 1 atom stereocenters. The van der Waals surface area contributed by atoms with Crippen LogP contribution in [0.4, 0.5) is 13.6 Å². The molecular weight excluding hydrogens is 230 g/mol. The van der Waals surface area contributed by atoms with Crippen LogP contribution in [0.1, 0.15) is 27.2 Å². The van der Waals surface area contributed by atoms with Gasteiger partial charge in [0.1, 0.15) is 5.60 Å². The SMILES string of the molecule is CC(C)(C)OC(=O)N1CC2(CC(N)C2(F)F)C1. The highest BCUT2D eigenvalue weighted by molar-refractivity contribution is 5.69. The zero-order valence-corrected chi connectivity index (χ0v) is 10.3. The Labute approximate surface area is 99.1 Å². The Morgan fingerprint density at radius 1 is 1.41 bits per heavy atom. The fraction of sp³-hybridized carbons (Fsp3) is 0.909. The van der Waals surface area contributed by atoms with Crippen molar-refractivity contribution >= 4 is 6.09 Å². The molecule has 2 fully saturated rings. The minimum atomic E-state index is -2.86. The van der Waals surface area contributed by atoms with E-state index in [1.54, 1.807) is 20.8 Å². The van der Waals surface area contributed by atoms with E-state index in [0.29, 0.717) is 0 Å². The topological polar surface area (TPSA) is 55.6 Å². The van der Waals surface area contributed by atoms with Gasteiger partial charge in [-0.15, -0.1) is 0 Å². The molecule has 0 aromatic carbocycles. The minimum absolute atomic E-state index is 0.0443. The molecule has 1 saturated carbocycles. The molecule has 4 nitrogen and oxygen atoms in total. The lowest BCUT2D eigenvalue weighted by Gasteiger charge is -2.62. The molecule has 0 bridgehead atoms. The van der Waals surface area contributed by atoms with E-state index in [1.807, 2.05) is 0 Å². The highest BCUT2D eigenvalue weighted by Gasteiger charge is 2.72. The summed E-state index contributed by atoms with van der Waals surface area (Å²) in [6.45, 7) is 5.32. The van der Waals surface area contributed by atoms with Crippen LogP contribution in [-0.4, -0.2) is 41.6 Å². The van der Waals surface area contributed by atoms with E-state index in [1.165, 1.54) is 4.90 Å². The maximum atomic E-state index is 13.5. The largest absolute Gasteiger partial charge is 0.444 e. The summed E-state index contributed by atoms with van der Waals surface area (Å²) >= 11 is 0. The third kappa shape index (κ3) is 1.78. The average molecular weight is 248 g/mol. The summed E-state index contributed by atoms with van der Waals surface area (Å²) in [4.78, 5) is 12.9. The predicted molar refractivity (Wildman–Crippen MR) is 57.8 cm³/mol. The first-order valence-electron chi connectivity index (χ1n) is 5.69. The van der Waals surface area contributed by atoms with Crippen LogP contribution in [0.5, 0.6) is 0 Å². The van der Waals surface area contributed by atoms with Gasteiger partial charge in [0.05, 0.1) is 11.5 Å². The monoisotopic (exact) mass is 248 g/mol. The van der Waals surface area contributed by atoms with Gasteiger partial charge < -0.3 is 15.4 Å². The number of hydrogen-bond acceptors (Lipinski definition) is 3. The van der Waals surface area contributed by atoms with Gasteiger partial charge in [-0.1, -0.05) is 0 Å². The quantitative estimate of drug-likeness (QED) is 0.708. The summed E-state index contributed by atoms with van der Waals surface area (Å²) in [6, 6.07) is -1.07. The lowest BCUT2D eigenvalue weighted by atomic mass is 9.57. The molecule has 1 heterocycles. The van der Waals surface area contributed by atoms with E-state index >= 15 is 0 Å². The molecular formula is C11H18F2N2O2. The lowest BCUT2D eigenvalue weighted by Crippen LogP contribution is -2.78. The fourth-order valence-electron chi connectivity index (χ4n) is 2.43. The van der Waals surface area contributed by atoms with Gasteiger partial charge in [-0.3, -0.25) is 0 Å². The molecule has 98 valence electrons. The second-order valence-electron chi connectivity index (χ2n) is 6.05. The molecule has 2 rings (SSSR count). The van der Waals surface area contributed by atoms with E-state index in [2.05, 4.69) is 0 Å². The van der Waals surface area contributed by atoms with Crippen LogP contribution in [0.15, 0.2) is 0 Å². The molecule has 0 radical (unpaired) electrons. The van der Waals surface area contributed by atoms with Crippen LogP contribution < -0.4 is 5.73 Å². The Morgan fingerprint density at radius 3 is 2.29 bits per heavy atom. The summed E-state index contributed by atoms with van der Waals surface area (Å²) in [7, 11) is 0. The lowest BCUT2D eigenvalue weighted by molar-refractivity contribution is -0.264. The van der Waals surface area contributed by atoms with Crippen LogP contribution >= 0.6 is 0 Å². The van der Waals surface area contributed by atoms with Gasteiger partial charge in [0.2, 0.25) is 0 Å². The maximum absolute atomic E-state index is 13.5. The van der Waals surface area contributed by atoms with Crippen molar-refractivity contribution in [1.29, 1.82) is 0 Å². The summed E-state index contributed by atoms with van der Waals surface area (Å²) < 4.78 is 32.1. The first kappa shape index (κ1) is 12.5. The van der Waals surface area contributed by atoms with E-state index in [9.17, 15) is 13.6 Å². The van der Waals surface area contributed by atoms with Crippen molar-refractivity contribution in [3.8, 4) is 0 Å². The molecule has 1 aliphatic carbocycles. The molecule has 1 amide bonds. The average Bonchev–Trinajstić information content (AvgIpc) is 2.06. The second-order valence-corrected chi connectivity index (χ2v) is 6.05. The highest BCUT2D eigenvalue weighted by Crippen LogP contribution is 2.58. The Bertz CT molecular complexity index is 346. The summed E-state index contributed by atoms with van der Waals surface area (Å²) in [6.07, 6.45) is -0.251. The van der Waals surface area contributed by atoms with Crippen LogP contribution in [0, 0.1) is 5.41 Å². The number of nitrogens with two attached hydrogens (primary N) is 1. The molecule has 17 heavy (non-hydrogen) atoms. The number of amides is 1. The van der Waals surface area contributed by atoms with Crippen molar-refractivity contribution in [3.05, 3.63) is 0 Å². The number of carbonyl (C=O) groups excluding carboxylic acids is 1. The molecule has 1 saturated heterocycles. The molecule has 1 aliphatic heterocycles. The van der Waals surface area contributed by atoms with Gasteiger partial charge in [-0.05, 0) is 27.2 Å². The van der Waals surface area contributed by atoms with Crippen LogP contribution in [0.25, 0.3) is 0 Å². The molecule has 6 heteroatoms. The molecule has 1 unspecified atom stereocenters. The number of halogens is 2. The Kier molecular flexibility index (Phi) is 2.44. The number of likely N-dealkylation sites (tertiary alicyclic amines) is 1. The van der Waals surface area contributed by atoms with Crippen molar-refractivity contribution in [2.75, 3.05) is 13.1 Å².